The van der Waals surface area contributed by atoms with E-state index in [1.54, 1.807) is 6.92 Å². The standard InChI is InChI=1S/C11H23N3O/c1-9(2)11(15)12-8-7-10(13(3)4)14(5)6/h10H,1,7-8H2,2-6H3,(H,12,15). The second-order valence-electron chi connectivity index (χ2n) is 4.23. The molecule has 0 fully saturated rings. The Morgan fingerprint density at radius 1 is 1.27 bits per heavy atom. The largest absolute Gasteiger partial charge is 0.352 e. The lowest BCUT2D eigenvalue weighted by Crippen LogP contribution is -2.43. The molecule has 0 radical (unpaired) electrons. The number of nitrogens with one attached hydrogen (secondary N) is 1. The highest BCUT2D eigenvalue weighted by Crippen LogP contribution is 2.01. The molecule has 0 rings (SSSR count). The Morgan fingerprint density at radius 2 is 1.73 bits per heavy atom. The highest BCUT2D eigenvalue weighted by molar-refractivity contribution is 5.91. The number of hydrogen-bond acceptors (Lipinski definition) is 3. The number of carbonyl (C=O) groups is 1. The van der Waals surface area contributed by atoms with E-state index in [1.807, 2.05) is 28.2 Å². The Morgan fingerprint density at radius 3 is 2.07 bits per heavy atom. The van der Waals surface area contributed by atoms with Crippen LogP contribution in [-0.2, 0) is 4.79 Å². The molecule has 0 saturated heterocycles. The SMILES string of the molecule is C=C(C)C(=O)NCCC(N(C)C)N(C)C. The van der Waals surface area contributed by atoms with Crippen molar-refractivity contribution in [3.63, 3.8) is 0 Å². The Labute approximate surface area is 92.9 Å². The van der Waals surface area contributed by atoms with Gasteiger partial charge < -0.3 is 5.32 Å². The summed E-state index contributed by atoms with van der Waals surface area (Å²) in [5.74, 6) is -0.0636. The molecule has 0 saturated carbocycles. The Balaban J connectivity index is 3.92. The van der Waals surface area contributed by atoms with Crippen LogP contribution in [0.3, 0.4) is 0 Å². The van der Waals surface area contributed by atoms with Gasteiger partial charge >= 0.3 is 0 Å². The summed E-state index contributed by atoms with van der Waals surface area (Å²) in [5, 5.41) is 2.83. The van der Waals surface area contributed by atoms with Gasteiger partial charge in [0.1, 0.15) is 0 Å². The third-order valence-corrected chi connectivity index (χ3v) is 2.27. The molecule has 0 aliphatic carbocycles. The maximum absolute atomic E-state index is 11.2. The smallest absolute Gasteiger partial charge is 0.246 e. The van der Waals surface area contributed by atoms with Gasteiger partial charge in [0, 0.05) is 12.1 Å². The Hall–Kier alpha value is -0.870. The van der Waals surface area contributed by atoms with E-state index >= 15 is 0 Å². The zero-order chi connectivity index (χ0) is 12.0. The van der Waals surface area contributed by atoms with Crippen LogP contribution < -0.4 is 5.32 Å². The second kappa shape index (κ2) is 6.58. The molecule has 0 atom stereocenters. The van der Waals surface area contributed by atoms with Crippen LogP contribution in [0.5, 0.6) is 0 Å². The molecule has 0 bridgehead atoms. The van der Waals surface area contributed by atoms with E-state index < -0.39 is 0 Å². The van der Waals surface area contributed by atoms with E-state index in [9.17, 15) is 4.79 Å². The van der Waals surface area contributed by atoms with Crippen molar-refractivity contribution < 1.29 is 4.79 Å². The van der Waals surface area contributed by atoms with Gasteiger partial charge in [-0.05, 0) is 41.5 Å². The first-order valence-electron chi connectivity index (χ1n) is 5.12. The van der Waals surface area contributed by atoms with Crippen molar-refractivity contribution in [3.8, 4) is 0 Å². The molecule has 0 aromatic rings. The summed E-state index contributed by atoms with van der Waals surface area (Å²) in [6, 6.07) is 0. The van der Waals surface area contributed by atoms with Crippen LogP contribution in [0, 0.1) is 0 Å². The quantitative estimate of drug-likeness (QED) is 0.516. The maximum atomic E-state index is 11.2. The average molecular weight is 213 g/mol. The Kier molecular flexibility index (Phi) is 6.20. The molecule has 4 nitrogen and oxygen atoms in total. The lowest BCUT2D eigenvalue weighted by Gasteiger charge is -2.30. The van der Waals surface area contributed by atoms with Crippen LogP contribution in [0.4, 0.5) is 0 Å². The molecule has 0 aromatic carbocycles. The summed E-state index contributed by atoms with van der Waals surface area (Å²) in [4.78, 5) is 15.5. The predicted molar refractivity (Wildman–Crippen MR) is 63.6 cm³/mol. The summed E-state index contributed by atoms with van der Waals surface area (Å²) in [5.41, 5.74) is 0.557. The monoisotopic (exact) mass is 213 g/mol. The van der Waals surface area contributed by atoms with Crippen molar-refractivity contribution in [3.05, 3.63) is 12.2 Å². The van der Waals surface area contributed by atoms with Crippen LogP contribution in [-0.4, -0.2) is 56.6 Å². The van der Waals surface area contributed by atoms with Crippen LogP contribution >= 0.6 is 0 Å². The van der Waals surface area contributed by atoms with E-state index in [1.165, 1.54) is 0 Å². The van der Waals surface area contributed by atoms with Gasteiger partial charge in [0.25, 0.3) is 0 Å². The minimum atomic E-state index is -0.0636. The van der Waals surface area contributed by atoms with Crippen LogP contribution in [0.25, 0.3) is 0 Å². The van der Waals surface area contributed by atoms with E-state index in [0.717, 1.165) is 6.42 Å². The van der Waals surface area contributed by atoms with Crippen LogP contribution in [0.1, 0.15) is 13.3 Å². The van der Waals surface area contributed by atoms with Gasteiger partial charge in [-0.15, -0.1) is 0 Å². The van der Waals surface area contributed by atoms with Gasteiger partial charge in [-0.25, -0.2) is 0 Å². The lowest BCUT2D eigenvalue weighted by atomic mass is 10.2. The number of hydrogen-bond donors (Lipinski definition) is 1. The zero-order valence-corrected chi connectivity index (χ0v) is 10.5. The first-order valence-corrected chi connectivity index (χ1v) is 5.12. The van der Waals surface area contributed by atoms with Crippen molar-refractivity contribution >= 4 is 5.91 Å². The van der Waals surface area contributed by atoms with Gasteiger partial charge in [0.05, 0.1) is 6.17 Å². The molecule has 88 valence electrons. The fraction of sp³-hybridized carbons (Fsp3) is 0.727. The fourth-order valence-corrected chi connectivity index (χ4v) is 1.44. The molecular formula is C11H23N3O. The molecule has 4 heteroatoms. The summed E-state index contributed by atoms with van der Waals surface area (Å²) in [7, 11) is 8.13. The molecular weight excluding hydrogens is 190 g/mol. The first-order chi connectivity index (χ1) is 6.86. The van der Waals surface area contributed by atoms with E-state index in [4.69, 9.17) is 0 Å². The van der Waals surface area contributed by atoms with Gasteiger partial charge in [-0.1, -0.05) is 6.58 Å². The molecule has 0 aliphatic rings. The normalized spacial score (nSPS) is 11.2. The number of rotatable bonds is 6. The van der Waals surface area contributed by atoms with Gasteiger partial charge in [-0.2, -0.15) is 0 Å². The van der Waals surface area contributed by atoms with Crippen molar-refractivity contribution in [2.75, 3.05) is 34.7 Å². The van der Waals surface area contributed by atoms with Crippen molar-refractivity contribution in [1.29, 1.82) is 0 Å². The highest BCUT2D eigenvalue weighted by atomic mass is 16.1. The predicted octanol–water partition coefficient (Wildman–Crippen LogP) is 0.518. The van der Waals surface area contributed by atoms with Gasteiger partial charge in [-0.3, -0.25) is 14.6 Å². The summed E-state index contributed by atoms with van der Waals surface area (Å²) in [6.07, 6.45) is 1.24. The molecule has 0 unspecified atom stereocenters. The maximum Gasteiger partial charge on any atom is 0.246 e. The molecule has 1 N–H and O–H groups in total. The molecule has 0 spiro atoms. The van der Waals surface area contributed by atoms with Crippen LogP contribution in [0.2, 0.25) is 0 Å². The van der Waals surface area contributed by atoms with E-state index in [2.05, 4.69) is 21.7 Å². The number of nitrogens with zero attached hydrogens (tertiary/aromatic N) is 2. The molecule has 15 heavy (non-hydrogen) atoms. The van der Waals surface area contributed by atoms with E-state index in [0.29, 0.717) is 18.3 Å². The summed E-state index contributed by atoms with van der Waals surface area (Å²) >= 11 is 0. The lowest BCUT2D eigenvalue weighted by molar-refractivity contribution is -0.117. The number of amides is 1. The molecule has 1 amide bonds. The van der Waals surface area contributed by atoms with Gasteiger partial charge in [0.2, 0.25) is 5.91 Å². The number of carbonyl (C=O) groups excluding carboxylic acids is 1. The minimum absolute atomic E-state index is 0.0636. The summed E-state index contributed by atoms with van der Waals surface area (Å²) < 4.78 is 0. The van der Waals surface area contributed by atoms with Crippen molar-refractivity contribution in [1.82, 2.24) is 15.1 Å². The zero-order valence-electron chi connectivity index (χ0n) is 10.5. The highest BCUT2D eigenvalue weighted by Gasteiger charge is 2.13. The fourth-order valence-electron chi connectivity index (χ4n) is 1.44. The van der Waals surface area contributed by atoms with Gasteiger partial charge in [0.15, 0.2) is 0 Å². The van der Waals surface area contributed by atoms with E-state index in [-0.39, 0.29) is 5.91 Å². The topological polar surface area (TPSA) is 35.6 Å². The molecule has 0 aliphatic heterocycles. The Bertz CT molecular complexity index is 216. The van der Waals surface area contributed by atoms with Crippen molar-refractivity contribution in [2.24, 2.45) is 0 Å². The third-order valence-electron chi connectivity index (χ3n) is 2.27. The summed E-state index contributed by atoms with van der Waals surface area (Å²) in [6.45, 7) is 5.98. The minimum Gasteiger partial charge on any atom is -0.352 e. The molecule has 0 aromatic heterocycles. The third kappa shape index (κ3) is 5.54. The molecule has 0 heterocycles. The van der Waals surface area contributed by atoms with Crippen molar-refractivity contribution in [2.45, 2.75) is 19.5 Å². The average Bonchev–Trinajstić information content (AvgIpc) is 2.10. The van der Waals surface area contributed by atoms with Crippen LogP contribution in [0.15, 0.2) is 12.2 Å². The second-order valence-corrected chi connectivity index (χ2v) is 4.23. The first kappa shape index (κ1) is 14.1.